The third kappa shape index (κ3) is 4.71. The van der Waals surface area contributed by atoms with Gasteiger partial charge in [-0.05, 0) is 49.4 Å². The van der Waals surface area contributed by atoms with Gasteiger partial charge in [0.2, 0.25) is 0 Å². The van der Waals surface area contributed by atoms with Crippen molar-refractivity contribution in [2.45, 2.75) is 19.5 Å². The van der Waals surface area contributed by atoms with Crippen molar-refractivity contribution in [3.63, 3.8) is 0 Å². The van der Waals surface area contributed by atoms with Crippen LogP contribution in [0.4, 0.5) is 23.2 Å². The van der Waals surface area contributed by atoms with E-state index in [4.69, 9.17) is 10.5 Å². The van der Waals surface area contributed by atoms with E-state index in [2.05, 4.69) is 4.74 Å². The summed E-state index contributed by atoms with van der Waals surface area (Å²) in [7, 11) is 0. The summed E-state index contributed by atoms with van der Waals surface area (Å²) in [6.07, 6.45) is -4.90. The summed E-state index contributed by atoms with van der Waals surface area (Å²) in [6.45, 7) is 1.42. The average molecular weight is 424 g/mol. The van der Waals surface area contributed by atoms with Crippen molar-refractivity contribution in [2.75, 3.05) is 4.90 Å². The topological polar surface area (TPSA) is 85.0 Å². The molecule has 0 aromatic heterocycles. The molecule has 6 nitrogen and oxygen atoms in total. The van der Waals surface area contributed by atoms with Gasteiger partial charge in [0.15, 0.2) is 5.95 Å². The van der Waals surface area contributed by atoms with E-state index in [1.807, 2.05) is 0 Å². The molecule has 1 aliphatic rings. The lowest BCUT2D eigenvalue weighted by Gasteiger charge is -2.33. The van der Waals surface area contributed by atoms with Gasteiger partial charge in [0.1, 0.15) is 23.4 Å². The highest BCUT2D eigenvalue weighted by molar-refractivity contribution is 5.90. The smallest absolute Gasteiger partial charge is 0.478 e. The first-order valence-corrected chi connectivity index (χ1v) is 8.55. The number of carboxylic acids is 1. The minimum Gasteiger partial charge on any atom is -0.478 e. The number of aliphatic carboxylic acids is 1. The fraction of sp³-hybridized carbons (Fsp3) is 0.150. The number of hydrogen-bond acceptors (Lipinski definition) is 5. The number of allylic oxidation sites excluding steroid dienone is 2. The van der Waals surface area contributed by atoms with Crippen molar-refractivity contribution >= 4 is 11.7 Å². The lowest BCUT2D eigenvalue weighted by Crippen LogP contribution is -2.46. The van der Waals surface area contributed by atoms with Gasteiger partial charge in [0, 0.05) is 17.3 Å². The van der Waals surface area contributed by atoms with Crippen LogP contribution in [-0.4, -0.2) is 23.6 Å². The van der Waals surface area contributed by atoms with Crippen molar-refractivity contribution in [3.8, 4) is 17.2 Å². The Bertz CT molecular complexity index is 1020. The highest BCUT2D eigenvalue weighted by atomic mass is 19.4. The molecule has 30 heavy (non-hydrogen) atoms. The summed E-state index contributed by atoms with van der Waals surface area (Å²) in [5, 5.41) is 9.29. The maximum Gasteiger partial charge on any atom is 0.573 e. The largest absolute Gasteiger partial charge is 0.573 e. The minimum absolute atomic E-state index is 0.0978. The summed E-state index contributed by atoms with van der Waals surface area (Å²) in [5.74, 6) is -1.94. The Morgan fingerprint density at radius 2 is 1.73 bits per heavy atom. The molecule has 0 amide bonds. The molecule has 2 aromatic carbocycles. The molecule has 1 aliphatic heterocycles. The molecule has 2 aromatic rings. The van der Waals surface area contributed by atoms with Crippen molar-refractivity contribution in [1.29, 1.82) is 0 Å². The molecule has 3 N–H and O–H groups in total. The van der Waals surface area contributed by atoms with Gasteiger partial charge in [-0.25, -0.2) is 4.79 Å². The molecule has 0 saturated carbocycles. The molecule has 0 bridgehead atoms. The number of benzene rings is 2. The van der Waals surface area contributed by atoms with Gasteiger partial charge in [0.25, 0.3) is 0 Å². The minimum atomic E-state index is -4.80. The maximum atomic E-state index is 14.7. The fourth-order valence-corrected chi connectivity index (χ4v) is 2.83. The van der Waals surface area contributed by atoms with Gasteiger partial charge in [-0.3, -0.25) is 4.90 Å². The molecule has 0 spiro atoms. The van der Waals surface area contributed by atoms with Gasteiger partial charge in [-0.15, -0.1) is 13.2 Å². The fourth-order valence-electron chi connectivity index (χ4n) is 2.83. The van der Waals surface area contributed by atoms with Crippen LogP contribution < -0.4 is 20.1 Å². The molecule has 0 fully saturated rings. The van der Waals surface area contributed by atoms with Crippen LogP contribution in [0.2, 0.25) is 0 Å². The zero-order valence-electron chi connectivity index (χ0n) is 15.5. The highest BCUT2D eigenvalue weighted by Crippen LogP contribution is 2.34. The molecule has 10 heteroatoms. The third-order valence-corrected chi connectivity index (χ3v) is 4.14. The summed E-state index contributed by atoms with van der Waals surface area (Å²) < 4.78 is 60.8. The Balaban J connectivity index is 1.83. The summed E-state index contributed by atoms with van der Waals surface area (Å²) in [5.41, 5.74) is 6.09. The quantitative estimate of drug-likeness (QED) is 0.535. The second-order valence-electron chi connectivity index (χ2n) is 6.31. The zero-order chi connectivity index (χ0) is 22.1. The molecule has 0 aliphatic carbocycles. The maximum absolute atomic E-state index is 14.7. The zero-order valence-corrected chi connectivity index (χ0v) is 15.5. The Morgan fingerprint density at radius 1 is 1.10 bits per heavy atom. The number of rotatable bonds is 5. The number of halogens is 4. The van der Waals surface area contributed by atoms with Crippen LogP contribution in [0.25, 0.3) is 0 Å². The Kier molecular flexibility index (Phi) is 5.70. The van der Waals surface area contributed by atoms with Gasteiger partial charge in [0.05, 0.1) is 5.57 Å². The molecular formula is C20H16F4N2O4. The number of nitrogens with two attached hydrogens (primary N) is 1. The van der Waals surface area contributed by atoms with Crippen molar-refractivity contribution in [2.24, 2.45) is 5.73 Å². The number of nitrogens with zero attached hydrogens (tertiary/aromatic N) is 1. The normalized spacial score (nSPS) is 16.9. The van der Waals surface area contributed by atoms with E-state index in [-0.39, 0.29) is 28.3 Å². The van der Waals surface area contributed by atoms with E-state index >= 15 is 0 Å². The van der Waals surface area contributed by atoms with Gasteiger partial charge < -0.3 is 20.3 Å². The summed E-state index contributed by atoms with van der Waals surface area (Å²) >= 11 is 0. The Morgan fingerprint density at radius 3 is 2.33 bits per heavy atom. The van der Waals surface area contributed by atoms with Crippen molar-refractivity contribution in [1.82, 2.24) is 0 Å². The lowest BCUT2D eigenvalue weighted by molar-refractivity contribution is -0.274. The molecule has 3 rings (SSSR count). The van der Waals surface area contributed by atoms with Gasteiger partial charge in [-0.2, -0.15) is 4.39 Å². The van der Waals surface area contributed by atoms with Crippen LogP contribution in [0, 0.1) is 0 Å². The monoisotopic (exact) mass is 424 g/mol. The van der Waals surface area contributed by atoms with Crippen LogP contribution in [0.15, 0.2) is 71.7 Å². The number of carboxylic acid groups (broad SMARTS) is 1. The van der Waals surface area contributed by atoms with E-state index in [1.165, 1.54) is 37.3 Å². The van der Waals surface area contributed by atoms with E-state index < -0.39 is 30.2 Å². The second-order valence-corrected chi connectivity index (χ2v) is 6.31. The first kappa shape index (κ1) is 21.2. The van der Waals surface area contributed by atoms with E-state index in [1.54, 1.807) is 12.1 Å². The standard InChI is InChI=1S/C20H16F4N2O4/c1-11-9-16(19(27)28)18(25)26(17(11)21)12-3-2-4-15(10-12)29-13-5-7-14(8-6-13)30-20(22,23)24/h2-10,18H,25H2,1H3,(H,27,28). The van der Waals surface area contributed by atoms with E-state index in [0.717, 1.165) is 17.0 Å². The number of ether oxygens (including phenoxy) is 2. The Labute approximate surface area is 168 Å². The van der Waals surface area contributed by atoms with Gasteiger partial charge >= 0.3 is 12.3 Å². The van der Waals surface area contributed by atoms with E-state index in [0.29, 0.717) is 0 Å². The number of carbonyl (C=O) groups is 1. The second kappa shape index (κ2) is 8.07. The average Bonchev–Trinajstić information content (AvgIpc) is 2.65. The molecule has 1 atom stereocenters. The van der Waals surface area contributed by atoms with Crippen LogP contribution in [0.1, 0.15) is 6.92 Å². The first-order chi connectivity index (χ1) is 14.0. The molecular weight excluding hydrogens is 408 g/mol. The predicted octanol–water partition coefficient (Wildman–Crippen LogP) is 4.69. The summed E-state index contributed by atoms with van der Waals surface area (Å²) in [6, 6.07) is 10.8. The predicted molar refractivity (Wildman–Crippen MR) is 99.6 cm³/mol. The summed E-state index contributed by atoms with van der Waals surface area (Å²) in [4.78, 5) is 12.4. The first-order valence-electron chi connectivity index (χ1n) is 8.55. The van der Waals surface area contributed by atoms with Crippen LogP contribution in [-0.2, 0) is 4.79 Å². The van der Waals surface area contributed by atoms with E-state index in [9.17, 15) is 27.5 Å². The Hall–Kier alpha value is -3.53. The molecule has 1 unspecified atom stereocenters. The molecule has 158 valence electrons. The molecule has 1 heterocycles. The highest BCUT2D eigenvalue weighted by Gasteiger charge is 2.32. The van der Waals surface area contributed by atoms with Crippen molar-refractivity contribution in [3.05, 3.63) is 71.7 Å². The lowest BCUT2D eigenvalue weighted by atomic mass is 10.0. The molecule has 0 saturated heterocycles. The number of alkyl halides is 3. The van der Waals surface area contributed by atoms with Crippen LogP contribution in [0.3, 0.4) is 0 Å². The van der Waals surface area contributed by atoms with Gasteiger partial charge in [-0.1, -0.05) is 6.07 Å². The van der Waals surface area contributed by atoms with Crippen LogP contribution >= 0.6 is 0 Å². The van der Waals surface area contributed by atoms with Crippen LogP contribution in [0.5, 0.6) is 17.2 Å². The number of hydrogen-bond donors (Lipinski definition) is 2. The number of anilines is 1. The molecule has 0 radical (unpaired) electrons. The SMILES string of the molecule is CC1=C(F)N(c2cccc(Oc3ccc(OC(F)(F)F)cc3)c2)C(N)C(C(=O)O)=C1. The van der Waals surface area contributed by atoms with Crippen molar-refractivity contribution < 1.29 is 36.9 Å². The third-order valence-electron chi connectivity index (χ3n) is 4.14.